The minimum absolute atomic E-state index is 0.134. The summed E-state index contributed by atoms with van der Waals surface area (Å²) >= 11 is 1.29. The van der Waals surface area contributed by atoms with E-state index in [4.69, 9.17) is 4.74 Å². The molecule has 2 N–H and O–H groups in total. The van der Waals surface area contributed by atoms with Crippen molar-refractivity contribution in [2.45, 2.75) is 32.5 Å². The Bertz CT molecular complexity index is 1430. The second kappa shape index (κ2) is 11.7. The lowest BCUT2D eigenvalue weighted by Gasteiger charge is -2.12. The number of hydrogen-bond acceptors (Lipinski definition) is 6. The Balaban J connectivity index is 1.51. The number of rotatable bonds is 9. The largest absolute Gasteiger partial charge is 0.497 e. The van der Waals surface area contributed by atoms with Crippen molar-refractivity contribution in [2.75, 3.05) is 18.2 Å². The van der Waals surface area contributed by atoms with Gasteiger partial charge in [-0.3, -0.25) is 14.2 Å². The standard InChI is InChI=1S/C28H29N5O3S/c1-18-7-5-9-22(13-18)33-25(16-29-27(35)21-8-6-10-23(15-21)36-4)31-32-28(33)37-17-26(34)30-24-14-19(2)11-12-20(24)3/h5-15H,16-17H2,1-4H3,(H,29,35)(H,30,34). The van der Waals surface area contributed by atoms with Gasteiger partial charge in [0.2, 0.25) is 5.91 Å². The molecule has 0 radical (unpaired) electrons. The van der Waals surface area contributed by atoms with Gasteiger partial charge in [0.15, 0.2) is 11.0 Å². The number of benzene rings is 3. The number of methoxy groups -OCH3 is 1. The van der Waals surface area contributed by atoms with Crippen molar-refractivity contribution in [3.63, 3.8) is 0 Å². The fourth-order valence-electron chi connectivity index (χ4n) is 3.75. The van der Waals surface area contributed by atoms with Crippen LogP contribution in [0.15, 0.2) is 71.9 Å². The molecule has 0 bridgehead atoms. The smallest absolute Gasteiger partial charge is 0.251 e. The molecule has 4 aromatic rings. The Labute approximate surface area is 220 Å². The molecule has 1 heterocycles. The first-order valence-electron chi connectivity index (χ1n) is 11.8. The summed E-state index contributed by atoms with van der Waals surface area (Å²) in [5.74, 6) is 0.936. The van der Waals surface area contributed by atoms with Crippen LogP contribution in [0.25, 0.3) is 5.69 Å². The van der Waals surface area contributed by atoms with Crippen LogP contribution >= 0.6 is 11.8 Å². The van der Waals surface area contributed by atoms with E-state index in [2.05, 4.69) is 20.8 Å². The average molecular weight is 516 g/mol. The quantitative estimate of drug-likeness (QED) is 0.309. The van der Waals surface area contributed by atoms with E-state index in [0.717, 1.165) is 28.1 Å². The predicted octanol–water partition coefficient (Wildman–Crippen LogP) is 4.86. The van der Waals surface area contributed by atoms with Crippen molar-refractivity contribution >= 4 is 29.3 Å². The highest BCUT2D eigenvalue weighted by Gasteiger charge is 2.18. The van der Waals surface area contributed by atoms with Crippen LogP contribution in [0.2, 0.25) is 0 Å². The number of aromatic nitrogens is 3. The highest BCUT2D eigenvalue weighted by Crippen LogP contribution is 2.24. The zero-order valence-electron chi connectivity index (χ0n) is 21.2. The van der Waals surface area contributed by atoms with Gasteiger partial charge in [-0.1, -0.05) is 42.1 Å². The van der Waals surface area contributed by atoms with Gasteiger partial charge in [0, 0.05) is 16.9 Å². The Morgan fingerprint density at radius 3 is 2.51 bits per heavy atom. The predicted molar refractivity (Wildman–Crippen MR) is 146 cm³/mol. The third-order valence-corrected chi connectivity index (χ3v) is 6.63. The molecule has 0 aliphatic heterocycles. The van der Waals surface area contributed by atoms with Gasteiger partial charge < -0.3 is 15.4 Å². The molecule has 190 valence electrons. The fraction of sp³-hybridized carbons (Fsp3) is 0.214. The molecule has 3 aromatic carbocycles. The molecule has 1 aromatic heterocycles. The van der Waals surface area contributed by atoms with Crippen LogP contribution in [0.5, 0.6) is 5.75 Å². The van der Waals surface area contributed by atoms with Crippen molar-refractivity contribution in [2.24, 2.45) is 0 Å². The number of thioether (sulfide) groups is 1. The topological polar surface area (TPSA) is 98.1 Å². The number of carbonyl (C=O) groups excluding carboxylic acids is 2. The summed E-state index contributed by atoms with van der Waals surface area (Å²) < 4.78 is 7.08. The van der Waals surface area contributed by atoms with Crippen molar-refractivity contribution in [1.29, 1.82) is 0 Å². The highest BCUT2D eigenvalue weighted by molar-refractivity contribution is 7.99. The number of nitrogens with one attached hydrogen (secondary N) is 2. The highest BCUT2D eigenvalue weighted by atomic mass is 32.2. The number of anilines is 1. The molecule has 9 heteroatoms. The maximum atomic E-state index is 12.8. The molecule has 0 saturated heterocycles. The second-order valence-corrected chi connectivity index (χ2v) is 9.59. The summed E-state index contributed by atoms with van der Waals surface area (Å²) in [4.78, 5) is 25.5. The first-order chi connectivity index (χ1) is 17.8. The van der Waals surface area contributed by atoms with Crippen LogP contribution in [-0.4, -0.2) is 39.4 Å². The Kier molecular flexibility index (Phi) is 8.25. The van der Waals surface area contributed by atoms with Crippen molar-refractivity contribution in [3.8, 4) is 11.4 Å². The van der Waals surface area contributed by atoms with E-state index in [1.807, 2.05) is 67.8 Å². The minimum Gasteiger partial charge on any atom is -0.497 e. The maximum absolute atomic E-state index is 12.8. The van der Waals surface area contributed by atoms with Crippen LogP contribution in [0.4, 0.5) is 5.69 Å². The normalized spacial score (nSPS) is 10.7. The van der Waals surface area contributed by atoms with Gasteiger partial charge in [-0.2, -0.15) is 0 Å². The third-order valence-electron chi connectivity index (χ3n) is 5.70. The number of ether oxygens (including phenoxy) is 1. The van der Waals surface area contributed by atoms with Crippen LogP contribution in [0, 0.1) is 20.8 Å². The summed E-state index contributed by atoms with van der Waals surface area (Å²) in [5.41, 5.74) is 5.29. The van der Waals surface area contributed by atoms with Crippen molar-refractivity contribution in [1.82, 2.24) is 20.1 Å². The van der Waals surface area contributed by atoms with E-state index in [9.17, 15) is 9.59 Å². The number of nitrogens with zero attached hydrogens (tertiary/aromatic N) is 3. The SMILES string of the molecule is COc1cccc(C(=O)NCc2nnc(SCC(=O)Nc3cc(C)ccc3C)n2-c2cccc(C)c2)c1. The van der Waals surface area contributed by atoms with E-state index in [1.54, 1.807) is 31.4 Å². The Hall–Kier alpha value is -4.11. The van der Waals surface area contributed by atoms with Crippen LogP contribution in [0.3, 0.4) is 0 Å². The molecule has 4 rings (SSSR count). The van der Waals surface area contributed by atoms with E-state index in [-0.39, 0.29) is 24.1 Å². The first kappa shape index (κ1) is 26.0. The number of hydrogen-bond donors (Lipinski definition) is 2. The lowest BCUT2D eigenvalue weighted by molar-refractivity contribution is -0.113. The van der Waals surface area contributed by atoms with Gasteiger partial charge >= 0.3 is 0 Å². The molecule has 0 atom stereocenters. The monoisotopic (exact) mass is 515 g/mol. The second-order valence-electron chi connectivity index (χ2n) is 8.64. The molecule has 2 amide bonds. The molecule has 8 nitrogen and oxygen atoms in total. The summed E-state index contributed by atoms with van der Waals surface area (Å²) in [6, 6.07) is 20.8. The van der Waals surface area contributed by atoms with Gasteiger partial charge in [0.25, 0.3) is 5.91 Å². The summed E-state index contributed by atoms with van der Waals surface area (Å²) in [5, 5.41) is 15.1. The molecule has 0 unspecified atom stereocenters. The van der Waals surface area contributed by atoms with Crippen LogP contribution in [-0.2, 0) is 11.3 Å². The third kappa shape index (κ3) is 6.56. The van der Waals surface area contributed by atoms with Crippen molar-refractivity contribution < 1.29 is 14.3 Å². The fourth-order valence-corrected chi connectivity index (χ4v) is 4.52. The lowest BCUT2D eigenvalue weighted by atomic mass is 10.1. The maximum Gasteiger partial charge on any atom is 0.251 e. The lowest BCUT2D eigenvalue weighted by Crippen LogP contribution is -2.24. The molecular formula is C28H29N5O3S. The molecule has 0 fully saturated rings. The van der Waals surface area contributed by atoms with E-state index < -0.39 is 0 Å². The Morgan fingerprint density at radius 1 is 0.946 bits per heavy atom. The van der Waals surface area contributed by atoms with Gasteiger partial charge in [0.1, 0.15) is 5.75 Å². The first-order valence-corrected chi connectivity index (χ1v) is 12.8. The minimum atomic E-state index is -0.250. The Morgan fingerprint density at radius 2 is 1.73 bits per heavy atom. The molecular weight excluding hydrogens is 486 g/mol. The van der Waals surface area contributed by atoms with E-state index in [1.165, 1.54) is 11.8 Å². The number of carbonyl (C=O) groups is 2. The molecule has 0 aliphatic carbocycles. The zero-order valence-corrected chi connectivity index (χ0v) is 22.1. The van der Waals surface area contributed by atoms with Gasteiger partial charge in [-0.05, 0) is 73.9 Å². The molecule has 0 spiro atoms. The summed E-state index contributed by atoms with van der Waals surface area (Å²) in [6.45, 7) is 6.11. The van der Waals surface area contributed by atoms with Crippen LogP contribution < -0.4 is 15.4 Å². The van der Waals surface area contributed by atoms with Gasteiger partial charge in [-0.15, -0.1) is 10.2 Å². The van der Waals surface area contributed by atoms with Gasteiger partial charge in [0.05, 0.1) is 19.4 Å². The zero-order chi connectivity index (χ0) is 26.4. The van der Waals surface area contributed by atoms with Crippen LogP contribution in [0.1, 0.15) is 32.9 Å². The number of amides is 2. The van der Waals surface area contributed by atoms with Crippen molar-refractivity contribution in [3.05, 3.63) is 94.8 Å². The van der Waals surface area contributed by atoms with E-state index >= 15 is 0 Å². The summed E-state index contributed by atoms with van der Waals surface area (Å²) in [6.07, 6.45) is 0. The number of aryl methyl sites for hydroxylation is 3. The summed E-state index contributed by atoms with van der Waals surface area (Å²) in [7, 11) is 1.56. The molecule has 0 saturated carbocycles. The average Bonchev–Trinajstić information content (AvgIpc) is 3.31. The molecule has 37 heavy (non-hydrogen) atoms. The molecule has 0 aliphatic rings. The van der Waals surface area contributed by atoms with Gasteiger partial charge in [-0.25, -0.2) is 0 Å². The van der Waals surface area contributed by atoms with E-state index in [0.29, 0.717) is 22.3 Å².